The zero-order valence-corrected chi connectivity index (χ0v) is 9.44. The lowest BCUT2D eigenvalue weighted by atomic mass is 10.0. The summed E-state index contributed by atoms with van der Waals surface area (Å²) in [5, 5.41) is 0. The molecule has 0 aliphatic rings. The van der Waals surface area contributed by atoms with Gasteiger partial charge in [0, 0.05) is 32.3 Å². The number of ketones is 1. The Kier molecular flexibility index (Phi) is 4.49. The van der Waals surface area contributed by atoms with Crippen LogP contribution in [-0.4, -0.2) is 21.4 Å². The van der Waals surface area contributed by atoms with Crippen LogP contribution in [0.25, 0.3) is 0 Å². The molecule has 2 N–H and O–H groups in total. The molecule has 0 fully saturated rings. The summed E-state index contributed by atoms with van der Waals surface area (Å²) in [5.74, 6) is 1.08. The number of hydrogen-bond acceptors (Lipinski definition) is 3. The first kappa shape index (κ1) is 11.9. The first-order chi connectivity index (χ1) is 7.15. The molecule has 0 radical (unpaired) electrons. The first-order valence-electron chi connectivity index (χ1n) is 5.39. The Morgan fingerprint density at radius 1 is 1.67 bits per heavy atom. The smallest absolute Gasteiger partial charge is 0.149 e. The molecule has 4 nitrogen and oxygen atoms in total. The lowest BCUT2D eigenvalue weighted by molar-refractivity contribution is -0.120. The monoisotopic (exact) mass is 209 g/mol. The second-order valence-electron chi connectivity index (χ2n) is 3.82. The summed E-state index contributed by atoms with van der Waals surface area (Å²) >= 11 is 0. The molecule has 0 saturated carbocycles. The molecule has 0 saturated heterocycles. The molecule has 1 rings (SSSR count). The van der Waals surface area contributed by atoms with Gasteiger partial charge >= 0.3 is 0 Å². The van der Waals surface area contributed by atoms with E-state index in [1.165, 1.54) is 0 Å². The van der Waals surface area contributed by atoms with Crippen LogP contribution in [0.15, 0.2) is 12.4 Å². The van der Waals surface area contributed by atoms with Gasteiger partial charge in [-0.05, 0) is 6.42 Å². The standard InChI is InChI=1S/C11H19N3O/c1-3-4-9(12)10(15)5-6-11-13-7-8-14(11)2/h7-9H,3-6,12H2,1-2H3. The van der Waals surface area contributed by atoms with E-state index in [4.69, 9.17) is 5.73 Å². The third kappa shape index (κ3) is 3.47. The highest BCUT2D eigenvalue weighted by atomic mass is 16.1. The van der Waals surface area contributed by atoms with E-state index in [0.717, 1.165) is 18.7 Å². The minimum absolute atomic E-state index is 0.139. The third-order valence-electron chi connectivity index (χ3n) is 2.53. The van der Waals surface area contributed by atoms with Gasteiger partial charge in [-0.2, -0.15) is 0 Å². The largest absolute Gasteiger partial charge is 0.338 e. The van der Waals surface area contributed by atoms with E-state index in [-0.39, 0.29) is 11.8 Å². The molecule has 1 unspecified atom stereocenters. The summed E-state index contributed by atoms with van der Waals surface area (Å²) in [6.45, 7) is 2.03. The van der Waals surface area contributed by atoms with Crippen LogP contribution in [0, 0.1) is 0 Å². The van der Waals surface area contributed by atoms with Crippen LogP contribution >= 0.6 is 0 Å². The van der Waals surface area contributed by atoms with Gasteiger partial charge < -0.3 is 10.3 Å². The predicted molar refractivity (Wildman–Crippen MR) is 59.4 cm³/mol. The number of imidazole rings is 1. The highest BCUT2D eigenvalue weighted by Gasteiger charge is 2.12. The zero-order chi connectivity index (χ0) is 11.3. The van der Waals surface area contributed by atoms with Gasteiger partial charge in [-0.3, -0.25) is 4.79 Å². The highest BCUT2D eigenvalue weighted by Crippen LogP contribution is 2.03. The van der Waals surface area contributed by atoms with E-state index >= 15 is 0 Å². The van der Waals surface area contributed by atoms with Gasteiger partial charge in [0.2, 0.25) is 0 Å². The summed E-state index contributed by atoms with van der Waals surface area (Å²) in [5.41, 5.74) is 5.73. The van der Waals surface area contributed by atoms with Gasteiger partial charge in [0.15, 0.2) is 0 Å². The van der Waals surface area contributed by atoms with Gasteiger partial charge in [-0.15, -0.1) is 0 Å². The number of hydrogen-bond donors (Lipinski definition) is 1. The van der Waals surface area contributed by atoms with E-state index in [0.29, 0.717) is 12.8 Å². The number of Topliss-reactive ketones (excluding diaryl/α,β-unsaturated/α-hetero) is 1. The van der Waals surface area contributed by atoms with E-state index in [2.05, 4.69) is 4.98 Å². The second kappa shape index (κ2) is 5.66. The molecule has 84 valence electrons. The number of rotatable bonds is 6. The maximum absolute atomic E-state index is 11.6. The SMILES string of the molecule is CCCC(N)C(=O)CCc1nccn1C. The summed E-state index contributed by atoms with van der Waals surface area (Å²) in [7, 11) is 1.93. The molecule has 1 aromatic rings. The first-order valence-corrected chi connectivity index (χ1v) is 5.39. The van der Waals surface area contributed by atoms with Crippen molar-refractivity contribution in [2.45, 2.75) is 38.6 Å². The highest BCUT2D eigenvalue weighted by molar-refractivity contribution is 5.83. The second-order valence-corrected chi connectivity index (χ2v) is 3.82. The van der Waals surface area contributed by atoms with Crippen molar-refractivity contribution in [3.63, 3.8) is 0 Å². The Morgan fingerprint density at radius 3 is 2.93 bits per heavy atom. The van der Waals surface area contributed by atoms with Gasteiger partial charge in [-0.1, -0.05) is 13.3 Å². The van der Waals surface area contributed by atoms with Gasteiger partial charge in [0.05, 0.1) is 6.04 Å². The lowest BCUT2D eigenvalue weighted by Gasteiger charge is -2.08. The quantitative estimate of drug-likeness (QED) is 0.761. The average molecular weight is 209 g/mol. The van der Waals surface area contributed by atoms with Crippen molar-refractivity contribution < 1.29 is 4.79 Å². The molecule has 1 atom stereocenters. The molecule has 0 bridgehead atoms. The molecule has 0 aliphatic carbocycles. The van der Waals surface area contributed by atoms with E-state index in [1.54, 1.807) is 6.20 Å². The fraction of sp³-hybridized carbons (Fsp3) is 0.636. The van der Waals surface area contributed by atoms with Crippen molar-refractivity contribution in [2.24, 2.45) is 12.8 Å². The Labute approximate surface area is 90.5 Å². The van der Waals surface area contributed by atoms with Crippen molar-refractivity contribution in [2.75, 3.05) is 0 Å². The van der Waals surface area contributed by atoms with Crippen molar-refractivity contribution >= 4 is 5.78 Å². The van der Waals surface area contributed by atoms with Crippen LogP contribution < -0.4 is 5.73 Å². The molecule has 15 heavy (non-hydrogen) atoms. The molecule has 0 spiro atoms. The van der Waals surface area contributed by atoms with Crippen LogP contribution in [0.2, 0.25) is 0 Å². The number of carbonyl (C=O) groups excluding carboxylic acids is 1. The summed E-state index contributed by atoms with van der Waals surface area (Å²) in [6, 6.07) is -0.296. The Morgan fingerprint density at radius 2 is 2.40 bits per heavy atom. The molecule has 0 aliphatic heterocycles. The van der Waals surface area contributed by atoms with Crippen molar-refractivity contribution in [1.29, 1.82) is 0 Å². The fourth-order valence-electron chi connectivity index (χ4n) is 1.53. The maximum atomic E-state index is 11.6. The average Bonchev–Trinajstić information content (AvgIpc) is 2.61. The predicted octanol–water partition coefficient (Wildman–Crippen LogP) is 1.05. The summed E-state index contributed by atoms with van der Waals surface area (Å²) < 4.78 is 1.93. The van der Waals surface area contributed by atoms with Crippen LogP contribution in [0.5, 0.6) is 0 Å². The topological polar surface area (TPSA) is 60.9 Å². The number of aromatic nitrogens is 2. The molecular weight excluding hydrogens is 190 g/mol. The summed E-state index contributed by atoms with van der Waals surface area (Å²) in [6.07, 6.45) is 6.53. The van der Waals surface area contributed by atoms with Crippen LogP contribution in [0.1, 0.15) is 32.0 Å². The lowest BCUT2D eigenvalue weighted by Crippen LogP contribution is -2.30. The minimum Gasteiger partial charge on any atom is -0.338 e. The molecule has 0 aromatic carbocycles. The molecule has 1 aromatic heterocycles. The van der Waals surface area contributed by atoms with Crippen molar-refractivity contribution in [3.05, 3.63) is 18.2 Å². The van der Waals surface area contributed by atoms with Crippen LogP contribution in [-0.2, 0) is 18.3 Å². The number of carbonyl (C=O) groups is 1. The Balaban J connectivity index is 2.37. The van der Waals surface area contributed by atoms with Crippen LogP contribution in [0.4, 0.5) is 0 Å². The summed E-state index contributed by atoms with van der Waals surface area (Å²) in [4.78, 5) is 15.7. The van der Waals surface area contributed by atoms with E-state index < -0.39 is 0 Å². The van der Waals surface area contributed by atoms with Gasteiger partial charge in [-0.25, -0.2) is 4.98 Å². The minimum atomic E-state index is -0.296. The Bertz CT molecular complexity index is 319. The maximum Gasteiger partial charge on any atom is 0.149 e. The van der Waals surface area contributed by atoms with Crippen molar-refractivity contribution in [1.82, 2.24) is 9.55 Å². The number of aryl methyl sites for hydroxylation is 2. The Hall–Kier alpha value is -1.16. The number of nitrogens with zero attached hydrogens (tertiary/aromatic N) is 2. The molecular formula is C11H19N3O. The van der Waals surface area contributed by atoms with E-state index in [1.807, 2.05) is 24.7 Å². The van der Waals surface area contributed by atoms with Gasteiger partial charge in [0.25, 0.3) is 0 Å². The zero-order valence-electron chi connectivity index (χ0n) is 9.44. The van der Waals surface area contributed by atoms with Crippen LogP contribution in [0.3, 0.4) is 0 Å². The van der Waals surface area contributed by atoms with Crippen molar-refractivity contribution in [3.8, 4) is 0 Å². The van der Waals surface area contributed by atoms with E-state index in [9.17, 15) is 4.79 Å². The number of nitrogens with two attached hydrogens (primary N) is 1. The third-order valence-corrected chi connectivity index (χ3v) is 2.53. The normalized spacial score (nSPS) is 12.7. The fourth-order valence-corrected chi connectivity index (χ4v) is 1.53. The molecule has 1 heterocycles. The molecule has 0 amide bonds. The molecule has 4 heteroatoms. The van der Waals surface area contributed by atoms with Gasteiger partial charge in [0.1, 0.15) is 11.6 Å².